The van der Waals surface area contributed by atoms with Gasteiger partial charge in [0.05, 0.1) is 18.9 Å². The number of ether oxygens (including phenoxy) is 2. The van der Waals surface area contributed by atoms with Gasteiger partial charge in [-0.1, -0.05) is 6.92 Å². The predicted octanol–water partition coefficient (Wildman–Crippen LogP) is 2.14. The fraction of sp³-hybridized carbons (Fsp3) is 0.800. The molecule has 0 bridgehead atoms. The first-order valence-electron chi connectivity index (χ1n) is 7.69. The molecule has 1 atom stereocenters. The van der Waals surface area contributed by atoms with Crippen LogP contribution in [-0.2, 0) is 15.9 Å². The first-order chi connectivity index (χ1) is 9.69. The van der Waals surface area contributed by atoms with Gasteiger partial charge in [-0.3, -0.25) is 4.68 Å². The highest BCUT2D eigenvalue weighted by Gasteiger charge is 2.22. The molecule has 1 aliphatic heterocycles. The van der Waals surface area contributed by atoms with E-state index >= 15 is 0 Å². The van der Waals surface area contributed by atoms with Gasteiger partial charge in [-0.05, 0) is 32.9 Å². The van der Waals surface area contributed by atoms with Crippen molar-refractivity contribution < 1.29 is 9.47 Å². The molecule has 5 nitrogen and oxygen atoms in total. The van der Waals surface area contributed by atoms with Gasteiger partial charge in [0.25, 0.3) is 0 Å². The molecule has 1 N–H and O–H groups in total. The van der Waals surface area contributed by atoms with E-state index in [1.807, 2.05) is 4.68 Å². The van der Waals surface area contributed by atoms with Crippen molar-refractivity contribution in [2.24, 2.45) is 0 Å². The third kappa shape index (κ3) is 4.58. The van der Waals surface area contributed by atoms with E-state index in [0.717, 1.165) is 31.5 Å². The van der Waals surface area contributed by atoms with Gasteiger partial charge in [0.1, 0.15) is 0 Å². The van der Waals surface area contributed by atoms with Crippen LogP contribution in [-0.4, -0.2) is 41.9 Å². The summed E-state index contributed by atoms with van der Waals surface area (Å²) in [6.07, 6.45) is 4.93. The quantitative estimate of drug-likeness (QED) is 0.793. The van der Waals surface area contributed by atoms with Gasteiger partial charge in [0, 0.05) is 31.1 Å². The highest BCUT2D eigenvalue weighted by Crippen LogP contribution is 2.14. The summed E-state index contributed by atoms with van der Waals surface area (Å²) in [4.78, 5) is 0. The van der Waals surface area contributed by atoms with E-state index in [0.29, 0.717) is 25.3 Å². The fourth-order valence-corrected chi connectivity index (χ4v) is 2.39. The maximum Gasteiger partial charge on any atom is 0.159 e. The Morgan fingerprint density at radius 2 is 2.15 bits per heavy atom. The maximum atomic E-state index is 5.56. The normalized spacial score (nSPS) is 18.0. The minimum atomic E-state index is -0.0588. The molecule has 1 aliphatic rings. The average Bonchev–Trinajstić information content (AvgIpc) is 3.07. The second-order valence-corrected chi connectivity index (χ2v) is 5.64. The van der Waals surface area contributed by atoms with Crippen molar-refractivity contribution in [1.82, 2.24) is 15.1 Å². The molecule has 1 aromatic heterocycles. The Balaban J connectivity index is 1.90. The fourth-order valence-electron chi connectivity index (χ4n) is 2.39. The van der Waals surface area contributed by atoms with Crippen LogP contribution in [0.2, 0.25) is 0 Å². The van der Waals surface area contributed by atoms with Crippen molar-refractivity contribution >= 4 is 0 Å². The van der Waals surface area contributed by atoms with Gasteiger partial charge in [-0.2, -0.15) is 5.10 Å². The van der Waals surface area contributed by atoms with Crippen LogP contribution in [0.5, 0.6) is 0 Å². The van der Waals surface area contributed by atoms with Crippen LogP contribution < -0.4 is 5.32 Å². The summed E-state index contributed by atoms with van der Waals surface area (Å²) in [6.45, 7) is 8.91. The molecular weight excluding hydrogens is 254 g/mol. The van der Waals surface area contributed by atoms with Crippen molar-refractivity contribution in [2.45, 2.75) is 58.4 Å². The van der Waals surface area contributed by atoms with Crippen LogP contribution in [0.25, 0.3) is 0 Å². The Bertz CT molecular complexity index is 386. The lowest BCUT2D eigenvalue weighted by atomic mass is 10.1. The lowest BCUT2D eigenvalue weighted by molar-refractivity contribution is -0.0526. The van der Waals surface area contributed by atoms with Crippen LogP contribution in [0.1, 0.15) is 45.3 Å². The average molecular weight is 281 g/mol. The van der Waals surface area contributed by atoms with E-state index in [4.69, 9.17) is 9.47 Å². The zero-order chi connectivity index (χ0) is 14.4. The third-order valence-electron chi connectivity index (χ3n) is 3.50. The van der Waals surface area contributed by atoms with E-state index < -0.39 is 0 Å². The van der Waals surface area contributed by atoms with Crippen LogP contribution >= 0.6 is 0 Å². The molecule has 1 fully saturated rings. The third-order valence-corrected chi connectivity index (χ3v) is 3.50. The summed E-state index contributed by atoms with van der Waals surface area (Å²) in [5, 5.41) is 8.20. The topological polar surface area (TPSA) is 48.3 Å². The van der Waals surface area contributed by atoms with E-state index in [1.54, 1.807) is 0 Å². The zero-order valence-electron chi connectivity index (χ0n) is 12.8. The number of nitrogens with one attached hydrogen (secondary N) is 1. The van der Waals surface area contributed by atoms with E-state index in [9.17, 15) is 0 Å². The van der Waals surface area contributed by atoms with Gasteiger partial charge in [-0.15, -0.1) is 0 Å². The summed E-state index contributed by atoms with van der Waals surface area (Å²) in [5.74, 6) is 0. The second-order valence-electron chi connectivity index (χ2n) is 5.64. The van der Waals surface area contributed by atoms with E-state index in [-0.39, 0.29) is 6.29 Å². The number of rotatable bonds is 8. The molecule has 0 saturated carbocycles. The van der Waals surface area contributed by atoms with Crippen LogP contribution in [0, 0.1) is 0 Å². The molecule has 114 valence electrons. The van der Waals surface area contributed by atoms with E-state index in [1.165, 1.54) is 0 Å². The maximum absolute atomic E-state index is 5.56. The second kappa shape index (κ2) is 7.76. The summed E-state index contributed by atoms with van der Waals surface area (Å²) < 4.78 is 13.1. The van der Waals surface area contributed by atoms with Crippen LogP contribution in [0.4, 0.5) is 0 Å². The Hall–Kier alpha value is -0.910. The summed E-state index contributed by atoms with van der Waals surface area (Å²) >= 11 is 0. The molecule has 20 heavy (non-hydrogen) atoms. The molecule has 0 amide bonds. The highest BCUT2D eigenvalue weighted by molar-refractivity contribution is 5.02. The lowest BCUT2D eigenvalue weighted by Crippen LogP contribution is -2.35. The molecule has 1 saturated heterocycles. The first kappa shape index (κ1) is 15.5. The molecule has 2 heterocycles. The summed E-state index contributed by atoms with van der Waals surface area (Å²) in [7, 11) is 0. The molecule has 0 aromatic carbocycles. The molecule has 2 rings (SSSR count). The number of aromatic nitrogens is 2. The molecule has 0 radical (unpaired) electrons. The predicted molar refractivity (Wildman–Crippen MR) is 78.7 cm³/mol. The smallest absolute Gasteiger partial charge is 0.159 e. The van der Waals surface area contributed by atoms with Crippen LogP contribution in [0.3, 0.4) is 0 Å². The Labute approximate surface area is 121 Å². The number of hydrogen-bond donors (Lipinski definition) is 1. The molecule has 0 spiro atoms. The molecule has 0 aliphatic carbocycles. The minimum absolute atomic E-state index is 0.0588. The van der Waals surface area contributed by atoms with Crippen molar-refractivity contribution in [2.75, 3.05) is 19.8 Å². The van der Waals surface area contributed by atoms with Gasteiger partial charge in [-0.25, -0.2) is 0 Å². The highest BCUT2D eigenvalue weighted by atomic mass is 16.7. The summed E-state index contributed by atoms with van der Waals surface area (Å²) in [5.41, 5.74) is 1.13. The summed E-state index contributed by atoms with van der Waals surface area (Å²) in [6, 6.07) is 2.87. The van der Waals surface area contributed by atoms with Crippen molar-refractivity contribution in [1.29, 1.82) is 0 Å². The number of hydrogen-bond acceptors (Lipinski definition) is 4. The standard InChI is InChI=1S/C15H27N3O2/c1-4-6-16-14(11-15-19-8-9-20-15)10-13-5-7-18(17-13)12(2)3/h5,7,12,14-16H,4,6,8-11H2,1-3H3. The molecule has 1 unspecified atom stereocenters. The van der Waals surface area contributed by atoms with Crippen molar-refractivity contribution in [3.8, 4) is 0 Å². The zero-order valence-corrected chi connectivity index (χ0v) is 12.8. The first-order valence-corrected chi connectivity index (χ1v) is 7.69. The molecule has 1 aromatic rings. The van der Waals surface area contributed by atoms with E-state index in [2.05, 4.69) is 43.4 Å². The van der Waals surface area contributed by atoms with Crippen molar-refractivity contribution in [3.63, 3.8) is 0 Å². The Morgan fingerprint density at radius 1 is 1.40 bits per heavy atom. The van der Waals surface area contributed by atoms with Gasteiger partial charge in [0.15, 0.2) is 6.29 Å². The SMILES string of the molecule is CCCNC(Cc1ccn(C(C)C)n1)CC1OCCO1. The van der Waals surface area contributed by atoms with Gasteiger partial charge >= 0.3 is 0 Å². The largest absolute Gasteiger partial charge is 0.350 e. The van der Waals surface area contributed by atoms with Crippen molar-refractivity contribution in [3.05, 3.63) is 18.0 Å². The van der Waals surface area contributed by atoms with Gasteiger partial charge < -0.3 is 14.8 Å². The van der Waals surface area contributed by atoms with Crippen LogP contribution in [0.15, 0.2) is 12.3 Å². The monoisotopic (exact) mass is 281 g/mol. The number of nitrogens with zero attached hydrogens (tertiary/aromatic N) is 2. The Kier molecular flexibility index (Phi) is 6.01. The Morgan fingerprint density at radius 3 is 2.75 bits per heavy atom. The van der Waals surface area contributed by atoms with Gasteiger partial charge in [0.2, 0.25) is 0 Å². The molecule has 5 heteroatoms. The lowest BCUT2D eigenvalue weighted by Gasteiger charge is -2.20. The molecular formula is C15H27N3O2. The minimum Gasteiger partial charge on any atom is -0.350 e.